The summed E-state index contributed by atoms with van der Waals surface area (Å²) in [7, 11) is 0. The van der Waals surface area contributed by atoms with Gasteiger partial charge in [-0.25, -0.2) is 4.98 Å². The number of nitriles is 1. The molecular formula is C14H17N3O2. The molecule has 1 fully saturated rings. The summed E-state index contributed by atoms with van der Waals surface area (Å²) in [6.45, 7) is 4.82. The predicted molar refractivity (Wildman–Crippen MR) is 70.9 cm³/mol. The van der Waals surface area contributed by atoms with Gasteiger partial charge in [-0.05, 0) is 38.8 Å². The van der Waals surface area contributed by atoms with Gasteiger partial charge < -0.3 is 10.0 Å². The van der Waals surface area contributed by atoms with E-state index in [4.69, 9.17) is 5.26 Å². The van der Waals surface area contributed by atoms with Gasteiger partial charge in [0.15, 0.2) is 0 Å². The number of piperidine rings is 1. The second-order valence-electron chi connectivity index (χ2n) is 5.36. The Bertz CT molecular complexity index is 550. The Balaban J connectivity index is 2.30. The first-order chi connectivity index (χ1) is 8.94. The Morgan fingerprint density at radius 2 is 2.32 bits per heavy atom. The van der Waals surface area contributed by atoms with Crippen LogP contribution >= 0.6 is 0 Å². The van der Waals surface area contributed by atoms with Gasteiger partial charge >= 0.3 is 5.97 Å². The number of hydrogen-bond donors (Lipinski definition) is 1. The molecular weight excluding hydrogens is 242 g/mol. The Labute approximate surface area is 112 Å². The van der Waals surface area contributed by atoms with Crippen LogP contribution in [0.4, 0.5) is 5.82 Å². The number of rotatable bonds is 2. The highest BCUT2D eigenvalue weighted by Crippen LogP contribution is 2.32. The number of nitrogens with zero attached hydrogens (tertiary/aromatic N) is 3. The van der Waals surface area contributed by atoms with E-state index in [-0.39, 0.29) is 0 Å². The summed E-state index contributed by atoms with van der Waals surface area (Å²) in [6.07, 6.45) is 1.50. The molecule has 0 radical (unpaired) electrons. The van der Waals surface area contributed by atoms with E-state index in [0.717, 1.165) is 18.7 Å². The lowest BCUT2D eigenvalue weighted by atomic mass is 9.82. The second-order valence-corrected chi connectivity index (χ2v) is 5.36. The number of carbonyl (C=O) groups is 1. The van der Waals surface area contributed by atoms with Gasteiger partial charge in [-0.1, -0.05) is 0 Å². The normalized spacial score (nSPS) is 22.9. The number of carboxylic acid groups (broad SMARTS) is 1. The maximum atomic E-state index is 11.3. The first kappa shape index (κ1) is 13.3. The lowest BCUT2D eigenvalue weighted by Crippen LogP contribution is -2.46. The van der Waals surface area contributed by atoms with Crippen molar-refractivity contribution in [2.45, 2.75) is 26.7 Å². The lowest BCUT2D eigenvalue weighted by Gasteiger charge is -2.38. The maximum absolute atomic E-state index is 11.3. The summed E-state index contributed by atoms with van der Waals surface area (Å²) in [4.78, 5) is 17.7. The van der Waals surface area contributed by atoms with Crippen LogP contribution in [0.1, 0.15) is 31.0 Å². The van der Waals surface area contributed by atoms with Gasteiger partial charge in [-0.15, -0.1) is 0 Å². The third-order valence-electron chi connectivity index (χ3n) is 3.61. The van der Waals surface area contributed by atoms with Crippen molar-refractivity contribution in [3.05, 3.63) is 23.4 Å². The van der Waals surface area contributed by atoms with Gasteiger partial charge in [0.1, 0.15) is 5.82 Å². The van der Waals surface area contributed by atoms with Crippen LogP contribution in [0.5, 0.6) is 0 Å². The number of aliphatic carboxylic acids is 1. The molecule has 1 aliphatic rings. The summed E-state index contributed by atoms with van der Waals surface area (Å²) >= 11 is 0. The summed E-state index contributed by atoms with van der Waals surface area (Å²) in [6, 6.07) is 5.56. The number of aromatic nitrogens is 1. The van der Waals surface area contributed by atoms with E-state index in [1.54, 1.807) is 19.1 Å². The summed E-state index contributed by atoms with van der Waals surface area (Å²) < 4.78 is 0. The van der Waals surface area contributed by atoms with Gasteiger partial charge in [-0.3, -0.25) is 4.79 Å². The average molecular weight is 259 g/mol. The van der Waals surface area contributed by atoms with E-state index in [0.29, 0.717) is 24.3 Å². The molecule has 1 atom stereocenters. The maximum Gasteiger partial charge on any atom is 0.311 e. The van der Waals surface area contributed by atoms with Crippen molar-refractivity contribution in [2.24, 2.45) is 5.41 Å². The van der Waals surface area contributed by atoms with E-state index in [1.165, 1.54) is 0 Å². The molecule has 0 aromatic carbocycles. The van der Waals surface area contributed by atoms with Crippen LogP contribution in [0.3, 0.4) is 0 Å². The zero-order valence-electron chi connectivity index (χ0n) is 11.2. The molecule has 5 nitrogen and oxygen atoms in total. The quantitative estimate of drug-likeness (QED) is 0.878. The SMILES string of the molecule is Cc1cc(C#N)cc(N2CCCC(C)(C(=O)O)C2)n1. The average Bonchev–Trinajstić information content (AvgIpc) is 2.38. The topological polar surface area (TPSA) is 77.2 Å². The molecule has 1 unspecified atom stereocenters. The Morgan fingerprint density at radius 3 is 2.95 bits per heavy atom. The fourth-order valence-corrected chi connectivity index (χ4v) is 2.49. The molecule has 0 bridgehead atoms. The molecule has 1 aromatic heterocycles. The van der Waals surface area contributed by atoms with Crippen molar-refractivity contribution in [3.63, 3.8) is 0 Å². The van der Waals surface area contributed by atoms with Crippen molar-refractivity contribution >= 4 is 11.8 Å². The van der Waals surface area contributed by atoms with Gasteiger partial charge in [-0.2, -0.15) is 5.26 Å². The minimum absolute atomic E-state index is 0.434. The van der Waals surface area contributed by atoms with Gasteiger partial charge in [0.25, 0.3) is 0 Å². The van der Waals surface area contributed by atoms with Crippen LogP contribution < -0.4 is 4.90 Å². The van der Waals surface area contributed by atoms with E-state index >= 15 is 0 Å². The molecule has 19 heavy (non-hydrogen) atoms. The van der Waals surface area contributed by atoms with Crippen LogP contribution in [0, 0.1) is 23.7 Å². The first-order valence-corrected chi connectivity index (χ1v) is 6.32. The highest BCUT2D eigenvalue weighted by molar-refractivity contribution is 5.75. The molecule has 1 aliphatic heterocycles. The fraction of sp³-hybridized carbons (Fsp3) is 0.500. The van der Waals surface area contributed by atoms with E-state index in [9.17, 15) is 9.90 Å². The van der Waals surface area contributed by atoms with Crippen molar-refractivity contribution < 1.29 is 9.90 Å². The number of carboxylic acids is 1. The van der Waals surface area contributed by atoms with Gasteiger partial charge in [0.05, 0.1) is 17.0 Å². The summed E-state index contributed by atoms with van der Waals surface area (Å²) in [5.41, 5.74) is 0.595. The molecule has 0 amide bonds. The summed E-state index contributed by atoms with van der Waals surface area (Å²) in [5.74, 6) is -0.0749. The number of hydrogen-bond acceptors (Lipinski definition) is 4. The van der Waals surface area contributed by atoms with E-state index < -0.39 is 11.4 Å². The Hall–Kier alpha value is -2.09. The number of anilines is 1. The van der Waals surface area contributed by atoms with Crippen LogP contribution in [-0.2, 0) is 4.79 Å². The van der Waals surface area contributed by atoms with Crippen LogP contribution in [0.25, 0.3) is 0 Å². The van der Waals surface area contributed by atoms with Crippen LogP contribution in [0.15, 0.2) is 12.1 Å². The van der Waals surface area contributed by atoms with Gasteiger partial charge in [0.2, 0.25) is 0 Å². The third kappa shape index (κ3) is 2.68. The standard InChI is InChI=1S/C14H17N3O2/c1-10-6-11(8-15)7-12(16-10)17-5-3-4-14(2,9-17)13(18)19/h6-7H,3-5,9H2,1-2H3,(H,18,19). The molecule has 2 rings (SSSR count). The molecule has 2 heterocycles. The zero-order chi connectivity index (χ0) is 14.0. The molecule has 1 N–H and O–H groups in total. The largest absolute Gasteiger partial charge is 0.481 e. The minimum Gasteiger partial charge on any atom is -0.481 e. The third-order valence-corrected chi connectivity index (χ3v) is 3.61. The molecule has 0 spiro atoms. The van der Waals surface area contributed by atoms with Crippen molar-refractivity contribution in [1.82, 2.24) is 4.98 Å². The highest BCUT2D eigenvalue weighted by atomic mass is 16.4. The van der Waals surface area contributed by atoms with Gasteiger partial charge in [0, 0.05) is 18.8 Å². The van der Waals surface area contributed by atoms with E-state index in [1.807, 2.05) is 11.8 Å². The van der Waals surface area contributed by atoms with E-state index in [2.05, 4.69) is 11.1 Å². The first-order valence-electron chi connectivity index (χ1n) is 6.32. The molecule has 0 saturated carbocycles. The van der Waals surface area contributed by atoms with Crippen molar-refractivity contribution in [3.8, 4) is 6.07 Å². The fourth-order valence-electron chi connectivity index (χ4n) is 2.49. The monoisotopic (exact) mass is 259 g/mol. The Morgan fingerprint density at radius 1 is 1.58 bits per heavy atom. The van der Waals surface area contributed by atoms with Crippen molar-refractivity contribution in [1.29, 1.82) is 5.26 Å². The van der Waals surface area contributed by atoms with Crippen LogP contribution in [0.2, 0.25) is 0 Å². The molecule has 0 aliphatic carbocycles. The molecule has 100 valence electrons. The highest BCUT2D eigenvalue weighted by Gasteiger charge is 2.38. The number of pyridine rings is 1. The zero-order valence-corrected chi connectivity index (χ0v) is 11.2. The predicted octanol–water partition coefficient (Wildman–Crippen LogP) is 1.95. The van der Waals surface area contributed by atoms with Crippen molar-refractivity contribution in [2.75, 3.05) is 18.0 Å². The molecule has 1 aromatic rings. The number of aryl methyl sites for hydroxylation is 1. The molecule has 1 saturated heterocycles. The minimum atomic E-state index is -0.773. The second kappa shape index (κ2) is 4.88. The Kier molecular flexibility index (Phi) is 3.43. The lowest BCUT2D eigenvalue weighted by molar-refractivity contribution is -0.148. The smallest absolute Gasteiger partial charge is 0.311 e. The molecule has 5 heteroatoms. The summed E-state index contributed by atoms with van der Waals surface area (Å²) in [5, 5.41) is 18.3. The van der Waals surface area contributed by atoms with Crippen LogP contribution in [-0.4, -0.2) is 29.1 Å².